The van der Waals surface area contributed by atoms with Crippen molar-refractivity contribution in [3.05, 3.63) is 29.0 Å². The highest BCUT2D eigenvalue weighted by Crippen LogP contribution is 2.30. The molecule has 1 N–H and O–H groups in total. The second kappa shape index (κ2) is 4.16. The van der Waals surface area contributed by atoms with Crippen LogP contribution >= 0.6 is 11.3 Å². The Bertz CT molecular complexity index is 447. The van der Waals surface area contributed by atoms with Gasteiger partial charge in [0.25, 0.3) is 0 Å². The van der Waals surface area contributed by atoms with E-state index in [1.807, 2.05) is 26.2 Å². The first-order chi connectivity index (χ1) is 7.22. The molecule has 0 aliphatic rings. The lowest BCUT2D eigenvalue weighted by molar-refractivity contribution is 0.580. The first-order valence-corrected chi connectivity index (χ1v) is 5.71. The normalized spacial score (nSPS) is 13.0. The van der Waals surface area contributed by atoms with E-state index in [0.717, 1.165) is 16.3 Å². The number of hydrogen-bond acceptors (Lipinski definition) is 4. The highest BCUT2D eigenvalue weighted by atomic mass is 32.1. The Morgan fingerprint density at radius 3 is 2.93 bits per heavy atom. The van der Waals surface area contributed by atoms with Crippen LogP contribution in [-0.4, -0.2) is 12.0 Å². The van der Waals surface area contributed by atoms with E-state index < -0.39 is 0 Å². The Balaban J connectivity index is 2.32. The monoisotopic (exact) mass is 222 g/mol. The van der Waals surface area contributed by atoms with E-state index in [1.165, 1.54) is 4.88 Å². The molecule has 0 aliphatic heterocycles. The maximum atomic E-state index is 5.40. The van der Waals surface area contributed by atoms with Crippen LogP contribution in [-0.2, 0) is 0 Å². The summed E-state index contributed by atoms with van der Waals surface area (Å²) in [6.07, 6.45) is 3.61. The molecule has 3 nitrogen and oxygen atoms in total. The van der Waals surface area contributed by atoms with E-state index >= 15 is 0 Å². The van der Waals surface area contributed by atoms with Crippen LogP contribution in [0.1, 0.15) is 23.4 Å². The van der Waals surface area contributed by atoms with Crippen LogP contribution in [0.4, 0.5) is 0 Å². The van der Waals surface area contributed by atoms with Gasteiger partial charge in [-0.15, -0.1) is 11.3 Å². The summed E-state index contributed by atoms with van der Waals surface area (Å²) >= 11 is 1.67. The molecule has 0 spiro atoms. The van der Waals surface area contributed by atoms with Crippen molar-refractivity contribution in [3.8, 4) is 10.8 Å². The molecule has 0 amide bonds. The quantitative estimate of drug-likeness (QED) is 0.867. The Labute approximate surface area is 93.2 Å². The molecule has 0 fully saturated rings. The van der Waals surface area contributed by atoms with Crippen LogP contribution in [0.25, 0.3) is 10.8 Å². The standard InChI is InChI=1S/C11H14N2OS/c1-7-4-5-14-10(7)11-13-6-9(15-11)8(2)12-3/h4-6,8,12H,1-3H3. The van der Waals surface area contributed by atoms with Crippen molar-refractivity contribution in [1.82, 2.24) is 10.3 Å². The van der Waals surface area contributed by atoms with E-state index in [2.05, 4.69) is 17.2 Å². The molecule has 4 heteroatoms. The number of aryl methyl sites for hydroxylation is 1. The molecule has 1 atom stereocenters. The number of aromatic nitrogens is 1. The van der Waals surface area contributed by atoms with Gasteiger partial charge >= 0.3 is 0 Å². The average Bonchev–Trinajstić information content (AvgIpc) is 2.84. The van der Waals surface area contributed by atoms with Gasteiger partial charge in [0, 0.05) is 17.1 Å². The topological polar surface area (TPSA) is 38.1 Å². The molecule has 0 aliphatic carbocycles. The summed E-state index contributed by atoms with van der Waals surface area (Å²) in [7, 11) is 1.95. The molecule has 2 rings (SSSR count). The van der Waals surface area contributed by atoms with Crippen LogP contribution in [0.15, 0.2) is 22.9 Å². The maximum Gasteiger partial charge on any atom is 0.165 e. The van der Waals surface area contributed by atoms with E-state index in [9.17, 15) is 0 Å². The summed E-state index contributed by atoms with van der Waals surface area (Å²) in [5, 5.41) is 4.15. The van der Waals surface area contributed by atoms with Crippen LogP contribution < -0.4 is 5.32 Å². The number of hydrogen-bond donors (Lipinski definition) is 1. The van der Waals surface area contributed by atoms with Crippen LogP contribution in [0.5, 0.6) is 0 Å². The number of rotatable bonds is 3. The fourth-order valence-corrected chi connectivity index (χ4v) is 2.36. The lowest BCUT2D eigenvalue weighted by Gasteiger charge is -2.04. The molecular formula is C11H14N2OS. The van der Waals surface area contributed by atoms with Gasteiger partial charge < -0.3 is 9.73 Å². The predicted molar refractivity (Wildman–Crippen MR) is 62.0 cm³/mol. The fraction of sp³-hybridized carbons (Fsp3) is 0.364. The minimum atomic E-state index is 0.339. The van der Waals surface area contributed by atoms with Gasteiger partial charge in [-0.3, -0.25) is 0 Å². The Morgan fingerprint density at radius 1 is 1.53 bits per heavy atom. The highest BCUT2D eigenvalue weighted by molar-refractivity contribution is 7.15. The summed E-state index contributed by atoms with van der Waals surface area (Å²) in [5.74, 6) is 0.884. The zero-order chi connectivity index (χ0) is 10.8. The molecule has 2 heterocycles. The number of nitrogens with zero attached hydrogens (tertiary/aromatic N) is 1. The Morgan fingerprint density at radius 2 is 2.33 bits per heavy atom. The maximum absolute atomic E-state index is 5.40. The largest absolute Gasteiger partial charge is 0.462 e. The van der Waals surface area contributed by atoms with Crippen molar-refractivity contribution < 1.29 is 4.42 Å². The van der Waals surface area contributed by atoms with Crippen molar-refractivity contribution in [2.24, 2.45) is 0 Å². The van der Waals surface area contributed by atoms with E-state index in [1.54, 1.807) is 17.6 Å². The number of nitrogens with one attached hydrogen (secondary N) is 1. The van der Waals surface area contributed by atoms with E-state index in [4.69, 9.17) is 4.42 Å². The summed E-state index contributed by atoms with van der Waals surface area (Å²) in [4.78, 5) is 5.60. The number of furan rings is 1. The molecule has 15 heavy (non-hydrogen) atoms. The van der Waals surface area contributed by atoms with Crippen LogP contribution in [0, 0.1) is 6.92 Å². The molecule has 0 radical (unpaired) electrons. The molecule has 0 saturated heterocycles. The molecule has 2 aromatic heterocycles. The molecule has 0 bridgehead atoms. The van der Waals surface area contributed by atoms with Gasteiger partial charge in [-0.1, -0.05) is 0 Å². The van der Waals surface area contributed by atoms with Gasteiger partial charge in [0.2, 0.25) is 0 Å². The molecule has 1 unspecified atom stereocenters. The third kappa shape index (κ3) is 1.96. The summed E-state index contributed by atoms with van der Waals surface area (Å²) < 4.78 is 5.40. The first kappa shape index (κ1) is 10.4. The first-order valence-electron chi connectivity index (χ1n) is 4.90. The summed E-state index contributed by atoms with van der Waals surface area (Å²) in [5.41, 5.74) is 1.13. The second-order valence-electron chi connectivity index (χ2n) is 3.51. The van der Waals surface area contributed by atoms with Crippen molar-refractivity contribution in [2.45, 2.75) is 19.9 Å². The fourth-order valence-electron chi connectivity index (χ4n) is 1.33. The summed E-state index contributed by atoms with van der Waals surface area (Å²) in [6.45, 7) is 4.15. The van der Waals surface area contributed by atoms with Gasteiger partial charge in [0.1, 0.15) is 0 Å². The second-order valence-corrected chi connectivity index (χ2v) is 4.57. The highest BCUT2D eigenvalue weighted by Gasteiger charge is 2.12. The molecular weight excluding hydrogens is 208 g/mol. The van der Waals surface area contributed by atoms with Gasteiger partial charge in [-0.05, 0) is 32.5 Å². The molecule has 80 valence electrons. The van der Waals surface area contributed by atoms with E-state index in [-0.39, 0.29) is 0 Å². The average molecular weight is 222 g/mol. The zero-order valence-electron chi connectivity index (χ0n) is 9.07. The van der Waals surface area contributed by atoms with Gasteiger partial charge in [-0.2, -0.15) is 0 Å². The smallest absolute Gasteiger partial charge is 0.165 e. The predicted octanol–water partition coefficient (Wildman–Crippen LogP) is 2.99. The zero-order valence-corrected chi connectivity index (χ0v) is 9.89. The molecule has 2 aromatic rings. The van der Waals surface area contributed by atoms with E-state index in [0.29, 0.717) is 6.04 Å². The SMILES string of the molecule is CNC(C)c1cnc(-c2occc2C)s1. The van der Waals surface area contributed by atoms with Gasteiger partial charge in [-0.25, -0.2) is 4.98 Å². The van der Waals surface area contributed by atoms with Crippen molar-refractivity contribution in [1.29, 1.82) is 0 Å². The molecule has 0 aromatic carbocycles. The lowest BCUT2D eigenvalue weighted by Crippen LogP contribution is -2.10. The third-order valence-electron chi connectivity index (χ3n) is 2.44. The minimum Gasteiger partial charge on any atom is -0.462 e. The Kier molecular flexibility index (Phi) is 2.88. The summed E-state index contributed by atoms with van der Waals surface area (Å²) in [6, 6.07) is 2.30. The third-order valence-corrected chi connectivity index (χ3v) is 3.62. The van der Waals surface area contributed by atoms with Crippen molar-refractivity contribution in [3.63, 3.8) is 0 Å². The van der Waals surface area contributed by atoms with Gasteiger partial charge in [0.15, 0.2) is 10.8 Å². The van der Waals surface area contributed by atoms with Crippen LogP contribution in [0.3, 0.4) is 0 Å². The Hall–Kier alpha value is -1.13. The van der Waals surface area contributed by atoms with Gasteiger partial charge in [0.05, 0.1) is 6.26 Å². The van der Waals surface area contributed by atoms with Crippen LogP contribution in [0.2, 0.25) is 0 Å². The molecule has 0 saturated carbocycles. The van der Waals surface area contributed by atoms with Crippen molar-refractivity contribution in [2.75, 3.05) is 7.05 Å². The number of thiazole rings is 1. The lowest BCUT2D eigenvalue weighted by atomic mass is 10.3. The minimum absolute atomic E-state index is 0.339. The van der Waals surface area contributed by atoms with Crippen molar-refractivity contribution >= 4 is 11.3 Å².